The Morgan fingerprint density at radius 3 is 2.90 bits per heavy atom. The number of rotatable bonds is 1. The van der Waals surface area contributed by atoms with E-state index in [1.54, 1.807) is 0 Å². The molecule has 2 nitrogen and oxygen atoms in total. The van der Waals surface area contributed by atoms with Crippen LogP contribution in [0.15, 0.2) is 6.07 Å². The van der Waals surface area contributed by atoms with E-state index in [0.717, 1.165) is 17.9 Å². The molecule has 0 radical (unpaired) electrons. The van der Waals surface area contributed by atoms with Crippen molar-refractivity contribution in [3.8, 4) is 0 Å². The summed E-state index contributed by atoms with van der Waals surface area (Å²) in [6.07, 6.45) is 0.908. The second-order valence-electron chi connectivity index (χ2n) is 2.20. The Bertz CT molecular complexity index is 277. The molecule has 1 N–H and O–H groups in total. The number of aromatic nitrogens is 2. The topological polar surface area (TPSA) is 28.7 Å². The Labute approximate surface area is 65.3 Å². The first-order valence-corrected chi connectivity index (χ1v) is 3.70. The third-order valence-corrected chi connectivity index (χ3v) is 1.47. The van der Waals surface area contributed by atoms with Crippen LogP contribution in [0.5, 0.6) is 0 Å². The van der Waals surface area contributed by atoms with Crippen molar-refractivity contribution in [1.29, 1.82) is 0 Å². The van der Waals surface area contributed by atoms with E-state index >= 15 is 0 Å². The lowest BCUT2D eigenvalue weighted by Gasteiger charge is -1.97. The van der Waals surface area contributed by atoms with Crippen molar-refractivity contribution in [3.05, 3.63) is 22.2 Å². The van der Waals surface area contributed by atoms with Crippen LogP contribution >= 0.6 is 12.2 Å². The molecule has 1 aromatic rings. The van der Waals surface area contributed by atoms with Crippen LogP contribution in [-0.2, 0) is 6.42 Å². The average molecular weight is 154 g/mol. The maximum Gasteiger partial charge on any atom is 0.129 e. The third kappa shape index (κ3) is 1.64. The molecule has 0 fully saturated rings. The first kappa shape index (κ1) is 7.41. The highest BCUT2D eigenvalue weighted by Gasteiger charge is 1.90. The summed E-state index contributed by atoms with van der Waals surface area (Å²) in [6, 6.07) is 1.86. The van der Waals surface area contributed by atoms with Crippen LogP contribution in [0, 0.1) is 11.6 Å². The van der Waals surface area contributed by atoms with Crippen LogP contribution in [-0.4, -0.2) is 9.97 Å². The SMILES string of the molecule is CCc1nc(=S)cc(C)[nH]1. The van der Waals surface area contributed by atoms with Crippen LogP contribution < -0.4 is 0 Å². The molecule has 0 unspecified atom stereocenters. The van der Waals surface area contributed by atoms with Crippen LogP contribution in [0.4, 0.5) is 0 Å². The summed E-state index contributed by atoms with van der Waals surface area (Å²) in [5, 5.41) is 0. The zero-order valence-corrected chi connectivity index (χ0v) is 6.96. The summed E-state index contributed by atoms with van der Waals surface area (Å²) >= 11 is 4.92. The molecule has 54 valence electrons. The van der Waals surface area contributed by atoms with Gasteiger partial charge in [0.2, 0.25) is 0 Å². The van der Waals surface area contributed by atoms with Gasteiger partial charge in [-0.1, -0.05) is 19.1 Å². The number of nitrogens with one attached hydrogen (secondary N) is 1. The monoisotopic (exact) mass is 154 g/mol. The van der Waals surface area contributed by atoms with E-state index in [-0.39, 0.29) is 0 Å². The van der Waals surface area contributed by atoms with Gasteiger partial charge in [0.15, 0.2) is 0 Å². The summed E-state index contributed by atoms with van der Waals surface area (Å²) in [5.74, 6) is 0.963. The van der Waals surface area contributed by atoms with E-state index in [2.05, 4.69) is 9.97 Å². The molecule has 0 saturated heterocycles. The van der Waals surface area contributed by atoms with Gasteiger partial charge in [-0.25, -0.2) is 4.98 Å². The van der Waals surface area contributed by atoms with Crippen molar-refractivity contribution >= 4 is 12.2 Å². The molecule has 0 aliphatic carbocycles. The molecule has 0 amide bonds. The minimum atomic E-state index is 0.674. The Morgan fingerprint density at radius 2 is 2.40 bits per heavy atom. The molecule has 0 bridgehead atoms. The minimum absolute atomic E-state index is 0.674. The van der Waals surface area contributed by atoms with Gasteiger partial charge in [-0.3, -0.25) is 0 Å². The largest absolute Gasteiger partial charge is 0.347 e. The molecule has 0 aliphatic rings. The van der Waals surface area contributed by atoms with Crippen LogP contribution in [0.1, 0.15) is 18.4 Å². The van der Waals surface area contributed by atoms with Crippen LogP contribution in [0.3, 0.4) is 0 Å². The number of aromatic amines is 1. The fourth-order valence-corrected chi connectivity index (χ4v) is 1.10. The molecule has 0 aromatic carbocycles. The molecule has 0 saturated carbocycles. The number of nitrogens with zero attached hydrogens (tertiary/aromatic N) is 1. The van der Waals surface area contributed by atoms with E-state index in [0.29, 0.717) is 4.64 Å². The van der Waals surface area contributed by atoms with Gasteiger partial charge in [0.1, 0.15) is 10.5 Å². The fraction of sp³-hybridized carbons (Fsp3) is 0.429. The Morgan fingerprint density at radius 1 is 1.70 bits per heavy atom. The van der Waals surface area contributed by atoms with Crippen molar-refractivity contribution in [2.24, 2.45) is 0 Å². The second kappa shape index (κ2) is 2.92. The predicted octanol–water partition coefficient (Wildman–Crippen LogP) is 2.01. The fourth-order valence-electron chi connectivity index (χ4n) is 0.810. The first-order chi connectivity index (χ1) is 4.72. The van der Waals surface area contributed by atoms with Gasteiger partial charge in [-0.15, -0.1) is 0 Å². The van der Waals surface area contributed by atoms with E-state index in [1.165, 1.54) is 0 Å². The van der Waals surface area contributed by atoms with Crippen LogP contribution in [0.25, 0.3) is 0 Å². The van der Waals surface area contributed by atoms with Crippen molar-refractivity contribution in [2.75, 3.05) is 0 Å². The molecule has 0 spiro atoms. The normalized spacial score (nSPS) is 9.80. The van der Waals surface area contributed by atoms with Gasteiger partial charge in [0.25, 0.3) is 0 Å². The molecule has 0 aliphatic heterocycles. The van der Waals surface area contributed by atoms with Crippen molar-refractivity contribution in [1.82, 2.24) is 9.97 Å². The summed E-state index contributed by atoms with van der Waals surface area (Å²) in [6.45, 7) is 4.03. The van der Waals surface area contributed by atoms with Crippen molar-refractivity contribution in [3.63, 3.8) is 0 Å². The van der Waals surface area contributed by atoms with E-state index < -0.39 is 0 Å². The summed E-state index contributed by atoms with van der Waals surface area (Å²) in [4.78, 5) is 7.23. The zero-order chi connectivity index (χ0) is 7.56. The minimum Gasteiger partial charge on any atom is -0.347 e. The van der Waals surface area contributed by atoms with Crippen molar-refractivity contribution in [2.45, 2.75) is 20.3 Å². The molecule has 1 rings (SSSR count). The Hall–Kier alpha value is -0.700. The quantitative estimate of drug-likeness (QED) is 0.627. The van der Waals surface area contributed by atoms with E-state index in [9.17, 15) is 0 Å². The molecule has 1 heterocycles. The van der Waals surface area contributed by atoms with Gasteiger partial charge in [0.05, 0.1) is 0 Å². The van der Waals surface area contributed by atoms with Crippen LogP contribution in [0.2, 0.25) is 0 Å². The third-order valence-electron chi connectivity index (χ3n) is 1.26. The van der Waals surface area contributed by atoms with Crippen molar-refractivity contribution < 1.29 is 0 Å². The lowest BCUT2D eigenvalue weighted by Crippen LogP contribution is -1.94. The number of aryl methyl sites for hydroxylation is 2. The molecular weight excluding hydrogens is 144 g/mol. The molecule has 10 heavy (non-hydrogen) atoms. The average Bonchev–Trinajstić information content (AvgIpc) is 1.85. The Balaban J connectivity index is 3.19. The number of H-pyrrole nitrogens is 1. The van der Waals surface area contributed by atoms with Gasteiger partial charge < -0.3 is 4.98 Å². The summed E-state index contributed by atoms with van der Waals surface area (Å²) in [7, 11) is 0. The second-order valence-corrected chi connectivity index (χ2v) is 2.62. The number of hydrogen-bond donors (Lipinski definition) is 1. The summed E-state index contributed by atoms with van der Waals surface area (Å²) in [5.41, 5.74) is 1.08. The first-order valence-electron chi connectivity index (χ1n) is 3.29. The lowest BCUT2D eigenvalue weighted by atomic mass is 10.4. The Kier molecular flexibility index (Phi) is 2.17. The summed E-state index contributed by atoms with van der Waals surface area (Å²) < 4.78 is 0.674. The van der Waals surface area contributed by atoms with E-state index in [4.69, 9.17) is 12.2 Å². The highest BCUT2D eigenvalue weighted by Crippen LogP contribution is 1.95. The molecule has 1 aromatic heterocycles. The van der Waals surface area contributed by atoms with Gasteiger partial charge in [-0.2, -0.15) is 0 Å². The zero-order valence-electron chi connectivity index (χ0n) is 6.14. The maximum absolute atomic E-state index is 4.92. The van der Waals surface area contributed by atoms with E-state index in [1.807, 2.05) is 19.9 Å². The predicted molar refractivity (Wildman–Crippen MR) is 43.5 cm³/mol. The lowest BCUT2D eigenvalue weighted by molar-refractivity contribution is 0.911. The highest BCUT2D eigenvalue weighted by molar-refractivity contribution is 7.71. The van der Waals surface area contributed by atoms with Gasteiger partial charge in [0, 0.05) is 12.1 Å². The van der Waals surface area contributed by atoms with Gasteiger partial charge >= 0.3 is 0 Å². The smallest absolute Gasteiger partial charge is 0.129 e. The maximum atomic E-state index is 4.92. The molecular formula is C7H10N2S. The highest BCUT2D eigenvalue weighted by atomic mass is 32.1. The number of hydrogen-bond acceptors (Lipinski definition) is 2. The van der Waals surface area contributed by atoms with Gasteiger partial charge in [-0.05, 0) is 13.0 Å². The molecule has 0 atom stereocenters. The standard InChI is InChI=1S/C7H10N2S/c1-3-6-8-5(2)4-7(10)9-6/h4H,3H2,1-2H3,(H,8,9,10). The molecule has 3 heteroatoms.